The molecule has 0 spiro atoms. The quantitative estimate of drug-likeness (QED) is 0.739. The maximum Gasteiger partial charge on any atom is 0.433 e. The summed E-state index contributed by atoms with van der Waals surface area (Å²) in [6.45, 7) is 0. The highest BCUT2D eigenvalue weighted by molar-refractivity contribution is 7.92. The molecule has 1 aliphatic rings. The van der Waals surface area contributed by atoms with Crippen molar-refractivity contribution >= 4 is 9.73 Å². The number of ether oxygens (including phenoxy) is 1. The van der Waals surface area contributed by atoms with E-state index in [1.807, 2.05) is 0 Å². The SMILES string of the molecule is N=S1(=O)C[C@H](Oc2cccc(C(F)(F)F)n2)[C@@H](O)[C@@H](O)C1. The highest BCUT2D eigenvalue weighted by Gasteiger charge is 2.39. The van der Waals surface area contributed by atoms with E-state index in [4.69, 9.17) is 9.52 Å². The molecule has 118 valence electrons. The van der Waals surface area contributed by atoms with Gasteiger partial charge in [0.2, 0.25) is 5.88 Å². The molecule has 3 N–H and O–H groups in total. The van der Waals surface area contributed by atoms with Crippen LogP contribution in [0.4, 0.5) is 13.2 Å². The Morgan fingerprint density at radius 2 is 2.00 bits per heavy atom. The summed E-state index contributed by atoms with van der Waals surface area (Å²) in [5.41, 5.74) is -1.17. The Labute approximate surface area is 118 Å². The highest BCUT2D eigenvalue weighted by atomic mass is 32.2. The average Bonchev–Trinajstić information content (AvgIpc) is 2.34. The lowest BCUT2D eigenvalue weighted by Gasteiger charge is -2.32. The molecule has 2 heterocycles. The van der Waals surface area contributed by atoms with E-state index in [1.165, 1.54) is 0 Å². The molecule has 0 amide bonds. The van der Waals surface area contributed by atoms with Crippen molar-refractivity contribution in [3.05, 3.63) is 23.9 Å². The van der Waals surface area contributed by atoms with Crippen molar-refractivity contribution in [3.8, 4) is 5.88 Å². The zero-order valence-electron chi connectivity index (χ0n) is 10.6. The fourth-order valence-corrected chi connectivity index (χ4v) is 3.63. The van der Waals surface area contributed by atoms with Crippen LogP contribution in [-0.2, 0) is 15.9 Å². The molecule has 6 nitrogen and oxygen atoms in total. The number of pyridine rings is 1. The van der Waals surface area contributed by atoms with Crippen LogP contribution in [0.1, 0.15) is 5.69 Å². The van der Waals surface area contributed by atoms with Gasteiger partial charge < -0.3 is 14.9 Å². The van der Waals surface area contributed by atoms with E-state index in [0.29, 0.717) is 0 Å². The summed E-state index contributed by atoms with van der Waals surface area (Å²) < 4.78 is 61.8. The maximum atomic E-state index is 12.5. The van der Waals surface area contributed by atoms with Crippen molar-refractivity contribution in [3.63, 3.8) is 0 Å². The van der Waals surface area contributed by atoms with Crippen LogP contribution in [0.2, 0.25) is 0 Å². The van der Waals surface area contributed by atoms with E-state index >= 15 is 0 Å². The Morgan fingerprint density at radius 3 is 2.62 bits per heavy atom. The van der Waals surface area contributed by atoms with E-state index in [0.717, 1.165) is 18.2 Å². The number of hydrogen-bond acceptors (Lipinski definition) is 6. The normalized spacial score (nSPS) is 33.7. The molecule has 1 unspecified atom stereocenters. The number of hydrogen-bond donors (Lipinski definition) is 3. The van der Waals surface area contributed by atoms with Gasteiger partial charge in [-0.15, -0.1) is 0 Å². The first-order valence-corrected chi connectivity index (χ1v) is 7.79. The zero-order chi connectivity index (χ0) is 15.8. The molecule has 1 aromatic rings. The van der Waals surface area contributed by atoms with Gasteiger partial charge in [-0.2, -0.15) is 13.2 Å². The van der Waals surface area contributed by atoms with Crippen molar-refractivity contribution in [2.75, 3.05) is 11.5 Å². The van der Waals surface area contributed by atoms with E-state index in [-0.39, 0.29) is 5.75 Å². The number of nitrogens with one attached hydrogen (secondary N) is 1. The number of rotatable bonds is 2. The first-order chi connectivity index (χ1) is 9.58. The lowest BCUT2D eigenvalue weighted by atomic mass is 10.1. The molecule has 2 rings (SSSR count). The molecule has 0 aromatic carbocycles. The predicted molar refractivity (Wildman–Crippen MR) is 66.3 cm³/mol. The van der Waals surface area contributed by atoms with Crippen LogP contribution in [0.5, 0.6) is 5.88 Å². The first kappa shape index (κ1) is 16.0. The van der Waals surface area contributed by atoms with Crippen molar-refractivity contribution in [2.45, 2.75) is 24.5 Å². The van der Waals surface area contributed by atoms with Gasteiger partial charge in [0.15, 0.2) is 0 Å². The van der Waals surface area contributed by atoms with Crippen LogP contribution in [-0.4, -0.2) is 49.2 Å². The minimum atomic E-state index is -4.65. The fraction of sp³-hybridized carbons (Fsp3) is 0.545. The third kappa shape index (κ3) is 3.83. The molecule has 0 saturated carbocycles. The van der Waals surface area contributed by atoms with Crippen LogP contribution in [0.15, 0.2) is 18.2 Å². The fourth-order valence-electron chi connectivity index (χ4n) is 1.95. The lowest BCUT2D eigenvalue weighted by molar-refractivity contribution is -0.141. The summed E-state index contributed by atoms with van der Waals surface area (Å²) >= 11 is 0. The summed E-state index contributed by atoms with van der Waals surface area (Å²) in [5, 5.41) is 19.2. The maximum absolute atomic E-state index is 12.5. The van der Waals surface area contributed by atoms with E-state index in [9.17, 15) is 27.6 Å². The van der Waals surface area contributed by atoms with Gasteiger partial charge in [-0.3, -0.25) is 4.78 Å². The molecule has 1 aromatic heterocycles. The summed E-state index contributed by atoms with van der Waals surface area (Å²) in [5.74, 6) is -1.20. The van der Waals surface area contributed by atoms with Gasteiger partial charge in [0.1, 0.15) is 17.9 Å². The number of aliphatic hydroxyl groups is 2. The second-order valence-electron chi connectivity index (χ2n) is 4.72. The third-order valence-electron chi connectivity index (χ3n) is 2.93. The molecule has 10 heteroatoms. The van der Waals surface area contributed by atoms with Crippen LogP contribution in [0.25, 0.3) is 0 Å². The second-order valence-corrected chi connectivity index (χ2v) is 7.01. The van der Waals surface area contributed by atoms with Crippen molar-refractivity contribution in [2.24, 2.45) is 0 Å². The standard InChI is InChI=1S/C11H13F3N2O4S/c12-11(13,14)8-2-1-3-9(16-8)20-7-5-21(15,19)4-6(17)10(7)18/h1-3,6-7,10,15,17-18H,4-5H2/t6-,7-,10-,21?/m0/s1. The lowest BCUT2D eigenvalue weighted by Crippen LogP contribution is -2.52. The summed E-state index contributed by atoms with van der Waals surface area (Å²) in [7, 11) is -3.16. The smallest absolute Gasteiger partial charge is 0.433 e. The van der Waals surface area contributed by atoms with Gasteiger partial charge in [-0.25, -0.2) is 9.19 Å². The van der Waals surface area contributed by atoms with Crippen molar-refractivity contribution < 1.29 is 32.3 Å². The summed E-state index contributed by atoms with van der Waals surface area (Å²) in [4.78, 5) is 3.25. The Hall–Kier alpha value is -1.39. The minimum absolute atomic E-state index is 0.386. The molecule has 1 aliphatic heterocycles. The van der Waals surface area contributed by atoms with Crippen LogP contribution in [0.3, 0.4) is 0 Å². The first-order valence-electron chi connectivity index (χ1n) is 5.90. The topological polar surface area (TPSA) is 104 Å². The van der Waals surface area contributed by atoms with Crippen molar-refractivity contribution in [1.29, 1.82) is 4.78 Å². The van der Waals surface area contributed by atoms with Gasteiger partial charge in [0.25, 0.3) is 0 Å². The van der Waals surface area contributed by atoms with Crippen LogP contribution >= 0.6 is 0 Å². The molecular weight excluding hydrogens is 313 g/mol. The molecular formula is C11H13F3N2O4S. The summed E-state index contributed by atoms with van der Waals surface area (Å²) in [6.07, 6.45) is -8.77. The minimum Gasteiger partial charge on any atom is -0.470 e. The number of aliphatic hydroxyl groups excluding tert-OH is 2. The van der Waals surface area contributed by atoms with Gasteiger partial charge in [0, 0.05) is 6.07 Å². The Balaban J connectivity index is 2.21. The Kier molecular flexibility index (Phi) is 4.13. The van der Waals surface area contributed by atoms with Crippen LogP contribution in [0, 0.1) is 4.78 Å². The molecule has 21 heavy (non-hydrogen) atoms. The highest BCUT2D eigenvalue weighted by Crippen LogP contribution is 2.29. The largest absolute Gasteiger partial charge is 0.470 e. The van der Waals surface area contributed by atoms with Gasteiger partial charge in [0.05, 0.1) is 27.3 Å². The van der Waals surface area contributed by atoms with E-state index in [1.54, 1.807) is 0 Å². The van der Waals surface area contributed by atoms with Crippen molar-refractivity contribution in [1.82, 2.24) is 4.98 Å². The van der Waals surface area contributed by atoms with Gasteiger partial charge >= 0.3 is 6.18 Å². The molecule has 0 bridgehead atoms. The van der Waals surface area contributed by atoms with Gasteiger partial charge in [-0.05, 0) is 6.07 Å². The Morgan fingerprint density at radius 1 is 1.33 bits per heavy atom. The van der Waals surface area contributed by atoms with E-state index in [2.05, 4.69) is 4.98 Å². The predicted octanol–water partition coefficient (Wildman–Crippen LogP) is 0.630. The number of nitrogens with zero attached hydrogens (tertiary/aromatic N) is 1. The zero-order valence-corrected chi connectivity index (χ0v) is 11.4. The molecule has 4 atom stereocenters. The Bertz CT molecular complexity index is 620. The van der Waals surface area contributed by atoms with Crippen LogP contribution < -0.4 is 4.74 Å². The molecule has 0 radical (unpaired) electrons. The van der Waals surface area contributed by atoms with E-state index < -0.39 is 51.5 Å². The van der Waals surface area contributed by atoms with Gasteiger partial charge in [-0.1, -0.05) is 6.07 Å². The number of alkyl halides is 3. The molecule has 1 fully saturated rings. The monoisotopic (exact) mass is 326 g/mol. The number of halogens is 3. The molecule has 1 saturated heterocycles. The molecule has 0 aliphatic carbocycles. The number of aromatic nitrogens is 1. The third-order valence-corrected chi connectivity index (χ3v) is 4.68. The average molecular weight is 326 g/mol. The summed E-state index contributed by atoms with van der Waals surface area (Å²) in [6, 6.07) is 2.98. The second kappa shape index (κ2) is 5.43.